The number of nitrogens with zero attached hydrogens (tertiary/aromatic N) is 2. The molecule has 4 rings (SSSR count). The fraction of sp³-hybridized carbons (Fsp3) is 0.278. The van der Waals surface area contributed by atoms with Gasteiger partial charge < -0.3 is 15.0 Å². The zero-order valence-electron chi connectivity index (χ0n) is 26.8. The summed E-state index contributed by atoms with van der Waals surface area (Å²) in [5.74, 6) is 0.333. The average molecular weight is 697 g/mol. The highest BCUT2D eigenvalue weighted by atomic mass is 35.5. The van der Waals surface area contributed by atoms with Gasteiger partial charge in [0.25, 0.3) is 10.0 Å². The number of ether oxygens (including phenoxy) is 1. The van der Waals surface area contributed by atoms with Gasteiger partial charge in [-0.15, -0.1) is 0 Å². The molecule has 1 unspecified atom stereocenters. The number of benzene rings is 4. The van der Waals surface area contributed by atoms with E-state index < -0.39 is 28.5 Å². The van der Waals surface area contributed by atoms with Gasteiger partial charge in [-0.1, -0.05) is 85.9 Å². The first-order valence-electron chi connectivity index (χ1n) is 15.3. The van der Waals surface area contributed by atoms with Crippen LogP contribution in [0.15, 0.2) is 102 Å². The Hall–Kier alpha value is -4.05. The molecule has 0 aliphatic rings. The third-order valence-electron chi connectivity index (χ3n) is 7.45. The largest absolute Gasteiger partial charge is 0.457 e. The Balaban J connectivity index is 1.75. The molecule has 0 aromatic heterocycles. The lowest BCUT2D eigenvalue weighted by atomic mass is 10.1. The van der Waals surface area contributed by atoms with Gasteiger partial charge in [-0.2, -0.15) is 0 Å². The number of anilines is 1. The first kappa shape index (κ1) is 35.8. The molecule has 4 aromatic rings. The summed E-state index contributed by atoms with van der Waals surface area (Å²) in [6, 6.07) is 26.1. The average Bonchev–Trinajstić information content (AvgIpc) is 3.05. The van der Waals surface area contributed by atoms with E-state index in [1.54, 1.807) is 61.5 Å². The first-order chi connectivity index (χ1) is 22.4. The molecular formula is C36H39Cl2N3O5S. The number of halogens is 2. The fourth-order valence-corrected chi connectivity index (χ4v) is 6.80. The molecule has 8 nitrogen and oxygen atoms in total. The monoisotopic (exact) mass is 695 g/mol. The normalized spacial score (nSPS) is 12.0. The molecule has 0 saturated heterocycles. The van der Waals surface area contributed by atoms with Crippen LogP contribution in [0.5, 0.6) is 11.5 Å². The lowest BCUT2D eigenvalue weighted by molar-refractivity contribution is -0.140. The van der Waals surface area contributed by atoms with E-state index in [0.717, 1.165) is 9.87 Å². The van der Waals surface area contributed by atoms with E-state index in [0.29, 0.717) is 33.7 Å². The molecule has 1 N–H and O–H groups in total. The summed E-state index contributed by atoms with van der Waals surface area (Å²) < 4.78 is 35.3. The predicted octanol–water partition coefficient (Wildman–Crippen LogP) is 7.87. The summed E-state index contributed by atoms with van der Waals surface area (Å²) in [5.41, 5.74) is 1.58. The number of sulfonamides is 1. The van der Waals surface area contributed by atoms with E-state index in [9.17, 15) is 18.0 Å². The number of nitrogens with one attached hydrogen (secondary N) is 1. The van der Waals surface area contributed by atoms with Crippen molar-refractivity contribution in [3.8, 4) is 11.5 Å². The van der Waals surface area contributed by atoms with Crippen molar-refractivity contribution < 1.29 is 22.7 Å². The second-order valence-electron chi connectivity index (χ2n) is 11.5. The van der Waals surface area contributed by atoms with Crippen molar-refractivity contribution in [1.29, 1.82) is 0 Å². The topological polar surface area (TPSA) is 96.0 Å². The number of hydrogen-bond acceptors (Lipinski definition) is 5. The minimum Gasteiger partial charge on any atom is -0.457 e. The van der Waals surface area contributed by atoms with Crippen LogP contribution < -0.4 is 14.4 Å². The molecule has 0 bridgehead atoms. The Morgan fingerprint density at radius 2 is 1.43 bits per heavy atom. The quantitative estimate of drug-likeness (QED) is 0.145. The molecule has 0 spiro atoms. The van der Waals surface area contributed by atoms with Crippen LogP contribution in [-0.4, -0.2) is 44.3 Å². The summed E-state index contributed by atoms with van der Waals surface area (Å²) in [6.45, 7) is 7.31. The van der Waals surface area contributed by atoms with Crippen molar-refractivity contribution in [1.82, 2.24) is 10.2 Å². The SMILES string of the molecule is CCC(C(=O)NCC(C)C)N(Cc1c(Cl)cccc1Cl)C(=O)CN(c1ccc(Oc2ccccc2)cc1)S(=O)(=O)c1ccc(C)cc1. The minimum absolute atomic E-state index is 0.0166. The third-order valence-corrected chi connectivity index (χ3v) is 9.95. The van der Waals surface area contributed by atoms with Crippen molar-refractivity contribution in [2.75, 3.05) is 17.4 Å². The van der Waals surface area contributed by atoms with Gasteiger partial charge >= 0.3 is 0 Å². The van der Waals surface area contributed by atoms with Crippen LogP contribution in [0.25, 0.3) is 0 Å². The predicted molar refractivity (Wildman–Crippen MR) is 188 cm³/mol. The van der Waals surface area contributed by atoms with E-state index in [1.807, 2.05) is 51.1 Å². The highest BCUT2D eigenvalue weighted by Gasteiger charge is 2.34. The molecule has 0 aliphatic carbocycles. The van der Waals surface area contributed by atoms with Gasteiger partial charge in [0.15, 0.2) is 0 Å². The number of carbonyl (C=O) groups is 2. The van der Waals surface area contributed by atoms with Gasteiger partial charge in [-0.05, 0) is 79.9 Å². The third kappa shape index (κ3) is 9.28. The summed E-state index contributed by atoms with van der Waals surface area (Å²) in [5, 5.41) is 3.56. The van der Waals surface area contributed by atoms with Crippen LogP contribution in [0.2, 0.25) is 10.0 Å². The van der Waals surface area contributed by atoms with E-state index in [2.05, 4.69) is 5.32 Å². The lowest BCUT2D eigenvalue weighted by Crippen LogP contribution is -2.52. The number of para-hydroxylation sites is 1. The maximum atomic E-state index is 14.4. The van der Waals surface area contributed by atoms with Crippen LogP contribution in [-0.2, 0) is 26.2 Å². The van der Waals surface area contributed by atoms with E-state index in [4.69, 9.17) is 27.9 Å². The maximum Gasteiger partial charge on any atom is 0.264 e. The Kier molecular flexibility index (Phi) is 12.3. The van der Waals surface area contributed by atoms with Gasteiger partial charge in [0.05, 0.1) is 10.6 Å². The van der Waals surface area contributed by atoms with Gasteiger partial charge in [0.1, 0.15) is 24.1 Å². The van der Waals surface area contributed by atoms with Gasteiger partial charge in [0.2, 0.25) is 11.8 Å². The van der Waals surface area contributed by atoms with Crippen molar-refractivity contribution in [2.45, 2.75) is 51.6 Å². The highest BCUT2D eigenvalue weighted by molar-refractivity contribution is 7.92. The van der Waals surface area contributed by atoms with Crippen LogP contribution in [0.1, 0.15) is 38.3 Å². The van der Waals surface area contributed by atoms with Crippen molar-refractivity contribution in [3.63, 3.8) is 0 Å². The van der Waals surface area contributed by atoms with Crippen molar-refractivity contribution in [2.24, 2.45) is 5.92 Å². The van der Waals surface area contributed by atoms with Crippen LogP contribution in [0, 0.1) is 12.8 Å². The summed E-state index contributed by atoms with van der Waals surface area (Å²) in [7, 11) is -4.24. The van der Waals surface area contributed by atoms with E-state index >= 15 is 0 Å². The summed E-state index contributed by atoms with van der Waals surface area (Å²) in [4.78, 5) is 29.2. The Labute approximate surface area is 287 Å². The van der Waals surface area contributed by atoms with E-state index in [-0.39, 0.29) is 35.4 Å². The molecule has 0 heterocycles. The standard InChI is InChI=1S/C36H39Cl2N3O5S/c1-5-34(36(43)39-22-25(2)3)40(23-31-32(37)12-9-13-33(31)38)35(42)24-41(47(44,45)30-20-14-26(4)15-21-30)27-16-18-29(19-17-27)46-28-10-7-6-8-11-28/h6-21,25,34H,5,22-24H2,1-4H3,(H,39,43). The first-order valence-corrected chi connectivity index (χ1v) is 17.5. The molecule has 0 aliphatic heterocycles. The molecular weight excluding hydrogens is 657 g/mol. The van der Waals surface area contributed by atoms with Gasteiger partial charge in [0, 0.05) is 28.7 Å². The maximum absolute atomic E-state index is 14.4. The van der Waals surface area contributed by atoms with Crippen LogP contribution >= 0.6 is 23.2 Å². The molecule has 1 atom stereocenters. The molecule has 2 amide bonds. The molecule has 11 heteroatoms. The second-order valence-corrected chi connectivity index (χ2v) is 14.2. The Morgan fingerprint density at radius 1 is 0.830 bits per heavy atom. The van der Waals surface area contributed by atoms with Crippen molar-refractivity contribution in [3.05, 3.63) is 118 Å². The summed E-state index contributed by atoms with van der Waals surface area (Å²) in [6.07, 6.45) is 0.272. The zero-order chi connectivity index (χ0) is 34.1. The number of aryl methyl sites for hydroxylation is 1. The number of amides is 2. The minimum atomic E-state index is -4.24. The molecule has 0 radical (unpaired) electrons. The Morgan fingerprint density at radius 3 is 2.00 bits per heavy atom. The number of rotatable bonds is 14. The van der Waals surface area contributed by atoms with Gasteiger partial charge in [-0.3, -0.25) is 13.9 Å². The van der Waals surface area contributed by atoms with Crippen molar-refractivity contribution >= 4 is 50.7 Å². The molecule has 4 aromatic carbocycles. The smallest absolute Gasteiger partial charge is 0.264 e. The second kappa shape index (κ2) is 16.2. The molecule has 248 valence electrons. The van der Waals surface area contributed by atoms with Crippen LogP contribution in [0.4, 0.5) is 5.69 Å². The number of hydrogen-bond donors (Lipinski definition) is 1. The van der Waals surface area contributed by atoms with E-state index in [1.165, 1.54) is 17.0 Å². The van der Waals surface area contributed by atoms with Gasteiger partial charge in [-0.25, -0.2) is 8.42 Å². The molecule has 47 heavy (non-hydrogen) atoms. The summed E-state index contributed by atoms with van der Waals surface area (Å²) >= 11 is 13.0. The van der Waals surface area contributed by atoms with Crippen LogP contribution in [0.3, 0.4) is 0 Å². The molecule has 0 saturated carbocycles. The molecule has 0 fully saturated rings. The lowest BCUT2D eigenvalue weighted by Gasteiger charge is -2.33. The fourth-order valence-electron chi connectivity index (χ4n) is 4.87. The number of carbonyl (C=O) groups excluding carboxylic acids is 2. The highest BCUT2D eigenvalue weighted by Crippen LogP contribution is 2.30. The zero-order valence-corrected chi connectivity index (χ0v) is 29.1. The Bertz CT molecular complexity index is 1750.